The third kappa shape index (κ3) is 2.80. The molecule has 0 saturated heterocycles. The molecule has 3 heteroatoms. The van der Waals surface area contributed by atoms with Crippen LogP contribution in [-0.4, -0.2) is 0 Å². The van der Waals surface area contributed by atoms with Crippen LogP contribution in [0.3, 0.4) is 0 Å². The van der Waals surface area contributed by atoms with Crippen LogP contribution in [0.2, 0.25) is 5.02 Å². The Morgan fingerprint density at radius 2 is 1.95 bits per heavy atom. The lowest BCUT2D eigenvalue weighted by Gasteiger charge is -2.20. The van der Waals surface area contributed by atoms with Gasteiger partial charge in [0.1, 0.15) is 5.82 Å². The molecule has 3 rings (SSSR count). The van der Waals surface area contributed by atoms with Gasteiger partial charge in [-0.15, -0.1) is 0 Å². The molecule has 0 unspecified atom stereocenters. The van der Waals surface area contributed by atoms with E-state index in [-0.39, 0.29) is 5.82 Å². The van der Waals surface area contributed by atoms with E-state index in [1.807, 2.05) is 0 Å². The zero-order chi connectivity index (χ0) is 13.9. The second-order valence-electron chi connectivity index (χ2n) is 5.24. The summed E-state index contributed by atoms with van der Waals surface area (Å²) in [5.74, 6) is -0.216. The van der Waals surface area contributed by atoms with Crippen molar-refractivity contribution in [3.63, 3.8) is 0 Å². The molecule has 0 spiro atoms. The van der Waals surface area contributed by atoms with Crippen molar-refractivity contribution in [1.82, 2.24) is 0 Å². The highest BCUT2D eigenvalue weighted by Crippen LogP contribution is 2.28. The van der Waals surface area contributed by atoms with E-state index < -0.39 is 0 Å². The average molecular weight is 290 g/mol. The maximum absolute atomic E-state index is 13.7. The Balaban J connectivity index is 1.80. The Labute approximate surface area is 123 Å². The first-order chi connectivity index (χ1) is 9.74. The molecule has 0 radical (unpaired) electrons. The van der Waals surface area contributed by atoms with Crippen LogP contribution in [-0.2, 0) is 19.4 Å². The highest BCUT2D eigenvalue weighted by molar-refractivity contribution is 6.30. The minimum Gasteiger partial charge on any atom is -0.381 e. The van der Waals surface area contributed by atoms with Crippen molar-refractivity contribution in [1.29, 1.82) is 0 Å². The first-order valence-electron chi connectivity index (χ1n) is 7.02. The van der Waals surface area contributed by atoms with Gasteiger partial charge >= 0.3 is 0 Å². The quantitative estimate of drug-likeness (QED) is 0.841. The van der Waals surface area contributed by atoms with Crippen LogP contribution in [0.5, 0.6) is 0 Å². The number of benzene rings is 2. The van der Waals surface area contributed by atoms with Gasteiger partial charge < -0.3 is 5.32 Å². The van der Waals surface area contributed by atoms with Gasteiger partial charge in [0.2, 0.25) is 0 Å². The van der Waals surface area contributed by atoms with Crippen LogP contribution in [0.25, 0.3) is 0 Å². The molecule has 1 nitrogen and oxygen atoms in total. The molecule has 2 aromatic carbocycles. The molecule has 0 atom stereocenters. The van der Waals surface area contributed by atoms with Gasteiger partial charge in [-0.3, -0.25) is 0 Å². The minimum absolute atomic E-state index is 0.216. The maximum atomic E-state index is 13.7. The zero-order valence-electron chi connectivity index (χ0n) is 11.3. The lowest BCUT2D eigenvalue weighted by atomic mass is 9.90. The van der Waals surface area contributed by atoms with Gasteiger partial charge in [-0.25, -0.2) is 4.39 Å². The van der Waals surface area contributed by atoms with E-state index in [0.29, 0.717) is 17.1 Å². The smallest absolute Gasteiger partial charge is 0.128 e. The summed E-state index contributed by atoms with van der Waals surface area (Å²) in [6, 6.07) is 11.0. The highest BCUT2D eigenvalue weighted by atomic mass is 35.5. The predicted octanol–water partition coefficient (Wildman–Crippen LogP) is 4.97. The maximum Gasteiger partial charge on any atom is 0.128 e. The lowest BCUT2D eigenvalue weighted by molar-refractivity contribution is 0.613. The van der Waals surface area contributed by atoms with Gasteiger partial charge in [-0.2, -0.15) is 0 Å². The van der Waals surface area contributed by atoms with Crippen molar-refractivity contribution in [2.24, 2.45) is 0 Å². The molecule has 1 aliphatic carbocycles. The van der Waals surface area contributed by atoms with Crippen LogP contribution < -0.4 is 5.32 Å². The molecule has 0 saturated carbocycles. The average Bonchev–Trinajstić information content (AvgIpc) is 2.48. The Morgan fingerprint density at radius 3 is 2.85 bits per heavy atom. The van der Waals surface area contributed by atoms with E-state index >= 15 is 0 Å². The molecule has 0 heterocycles. The van der Waals surface area contributed by atoms with E-state index in [4.69, 9.17) is 11.6 Å². The molecule has 1 N–H and O–H groups in total. The largest absolute Gasteiger partial charge is 0.381 e. The van der Waals surface area contributed by atoms with Gasteiger partial charge in [0.05, 0.1) is 0 Å². The molecule has 104 valence electrons. The number of hydrogen-bond donors (Lipinski definition) is 1. The van der Waals surface area contributed by atoms with E-state index in [2.05, 4.69) is 23.5 Å². The standard InChI is InChI=1S/C17H17ClFN/c18-14-8-9-16(19)13(10-14)11-20-17-7-3-5-12-4-1-2-6-15(12)17/h3,5,7-10,20H,1-2,4,6,11H2. The summed E-state index contributed by atoms with van der Waals surface area (Å²) < 4.78 is 13.7. The number of anilines is 1. The fraction of sp³-hybridized carbons (Fsp3) is 0.294. The normalized spacial score (nSPS) is 13.9. The van der Waals surface area contributed by atoms with Crippen molar-refractivity contribution in [2.45, 2.75) is 32.2 Å². The molecule has 0 bridgehead atoms. The topological polar surface area (TPSA) is 12.0 Å². The summed E-state index contributed by atoms with van der Waals surface area (Å²) in [7, 11) is 0. The molecule has 1 aliphatic rings. The number of aryl methyl sites for hydroxylation is 1. The number of hydrogen-bond acceptors (Lipinski definition) is 1. The molecule has 2 aromatic rings. The fourth-order valence-electron chi connectivity index (χ4n) is 2.82. The van der Waals surface area contributed by atoms with Gasteiger partial charge in [0.15, 0.2) is 0 Å². The Morgan fingerprint density at radius 1 is 1.10 bits per heavy atom. The summed E-state index contributed by atoms with van der Waals surface area (Å²) in [6.07, 6.45) is 4.75. The Hall–Kier alpha value is -1.54. The number of halogens is 2. The summed E-state index contributed by atoms with van der Waals surface area (Å²) in [5, 5.41) is 3.93. The lowest BCUT2D eigenvalue weighted by Crippen LogP contribution is -2.09. The van der Waals surface area contributed by atoms with Crippen molar-refractivity contribution in [2.75, 3.05) is 5.32 Å². The van der Waals surface area contributed by atoms with Crippen molar-refractivity contribution in [3.8, 4) is 0 Å². The Bertz CT molecular complexity index is 624. The summed E-state index contributed by atoms with van der Waals surface area (Å²) in [6.45, 7) is 0.461. The highest BCUT2D eigenvalue weighted by Gasteiger charge is 2.13. The molecule has 0 fully saturated rings. The van der Waals surface area contributed by atoms with E-state index in [0.717, 1.165) is 18.5 Å². The van der Waals surface area contributed by atoms with Crippen LogP contribution in [0.1, 0.15) is 29.5 Å². The summed E-state index contributed by atoms with van der Waals surface area (Å²) in [4.78, 5) is 0. The first-order valence-corrected chi connectivity index (χ1v) is 7.40. The first kappa shape index (κ1) is 13.4. The third-order valence-electron chi connectivity index (χ3n) is 3.87. The van der Waals surface area contributed by atoms with Gasteiger partial charge in [-0.05, 0) is 61.1 Å². The van der Waals surface area contributed by atoms with Crippen LogP contribution >= 0.6 is 11.6 Å². The van der Waals surface area contributed by atoms with Gasteiger partial charge in [-0.1, -0.05) is 23.7 Å². The number of nitrogens with one attached hydrogen (secondary N) is 1. The second kappa shape index (κ2) is 5.84. The SMILES string of the molecule is Fc1ccc(Cl)cc1CNc1cccc2c1CCCC2. The van der Waals surface area contributed by atoms with Crippen molar-refractivity contribution in [3.05, 3.63) is 63.9 Å². The molecular weight excluding hydrogens is 273 g/mol. The van der Waals surface area contributed by atoms with E-state index in [1.54, 1.807) is 12.1 Å². The van der Waals surface area contributed by atoms with Crippen LogP contribution in [0, 0.1) is 5.82 Å². The minimum atomic E-state index is -0.216. The van der Waals surface area contributed by atoms with Crippen LogP contribution in [0.15, 0.2) is 36.4 Å². The summed E-state index contributed by atoms with van der Waals surface area (Å²) >= 11 is 5.92. The summed E-state index contributed by atoms with van der Waals surface area (Å²) in [5.41, 5.74) is 4.54. The van der Waals surface area contributed by atoms with Crippen molar-refractivity contribution < 1.29 is 4.39 Å². The van der Waals surface area contributed by atoms with Crippen LogP contribution in [0.4, 0.5) is 10.1 Å². The monoisotopic (exact) mass is 289 g/mol. The molecule has 20 heavy (non-hydrogen) atoms. The third-order valence-corrected chi connectivity index (χ3v) is 4.11. The number of rotatable bonds is 3. The molecule has 0 aromatic heterocycles. The molecule has 0 amide bonds. The van der Waals surface area contributed by atoms with E-state index in [9.17, 15) is 4.39 Å². The Kier molecular flexibility index (Phi) is 3.93. The fourth-order valence-corrected chi connectivity index (χ4v) is 3.01. The van der Waals surface area contributed by atoms with Gasteiger partial charge in [0.25, 0.3) is 0 Å². The zero-order valence-corrected chi connectivity index (χ0v) is 12.0. The molecular formula is C17H17ClFN. The predicted molar refractivity (Wildman–Crippen MR) is 81.8 cm³/mol. The van der Waals surface area contributed by atoms with E-state index in [1.165, 1.54) is 30.0 Å². The molecule has 0 aliphatic heterocycles. The second-order valence-corrected chi connectivity index (χ2v) is 5.68. The van der Waals surface area contributed by atoms with Crippen molar-refractivity contribution >= 4 is 17.3 Å². The van der Waals surface area contributed by atoms with Gasteiger partial charge in [0, 0.05) is 22.8 Å². The number of fused-ring (bicyclic) bond motifs is 1.